The summed E-state index contributed by atoms with van der Waals surface area (Å²) in [7, 11) is 0. The Bertz CT molecular complexity index is 963. The van der Waals surface area contributed by atoms with Gasteiger partial charge in [-0.25, -0.2) is 9.97 Å². The fourth-order valence-electron chi connectivity index (χ4n) is 3.42. The molecule has 0 aliphatic carbocycles. The predicted octanol–water partition coefficient (Wildman–Crippen LogP) is 2.96. The quantitative estimate of drug-likeness (QED) is 0.641. The van der Waals surface area contributed by atoms with Gasteiger partial charge in [-0.3, -0.25) is 4.79 Å². The number of thiophene rings is 1. The van der Waals surface area contributed by atoms with Crippen LogP contribution < -0.4 is 5.32 Å². The van der Waals surface area contributed by atoms with Crippen LogP contribution in [-0.2, 0) is 17.8 Å². The average molecular weight is 403 g/mol. The molecule has 140 valence electrons. The molecule has 8 heteroatoms. The molecule has 0 spiro atoms. The molecule has 1 aromatic carbocycles. The topological polar surface area (TPSA) is 78.4 Å². The van der Waals surface area contributed by atoms with Crippen LogP contribution in [0.2, 0.25) is 0 Å². The second kappa shape index (κ2) is 7.80. The molecule has 1 amide bonds. The van der Waals surface area contributed by atoms with E-state index >= 15 is 0 Å². The third kappa shape index (κ3) is 3.50. The number of anilines is 1. The Hall–Kier alpha value is -2.22. The van der Waals surface area contributed by atoms with Crippen LogP contribution in [0.25, 0.3) is 10.2 Å². The molecule has 0 saturated heterocycles. The summed E-state index contributed by atoms with van der Waals surface area (Å²) in [5.74, 6) is 0.674. The first-order chi connectivity index (χ1) is 13.2. The highest BCUT2D eigenvalue weighted by atomic mass is 35.5. The van der Waals surface area contributed by atoms with Gasteiger partial charge < -0.3 is 15.3 Å². The van der Waals surface area contributed by atoms with E-state index in [2.05, 4.69) is 15.3 Å². The summed E-state index contributed by atoms with van der Waals surface area (Å²) in [6.45, 7) is 1.16. The number of alkyl halides is 1. The maximum atomic E-state index is 11.9. The monoisotopic (exact) mass is 402 g/mol. The van der Waals surface area contributed by atoms with Crippen LogP contribution in [0.5, 0.6) is 0 Å². The largest absolute Gasteiger partial charge is 0.394 e. The molecule has 1 aliphatic heterocycles. The van der Waals surface area contributed by atoms with E-state index in [-0.39, 0.29) is 24.4 Å². The molecular formula is C19H19ClN4O2S. The summed E-state index contributed by atoms with van der Waals surface area (Å²) in [4.78, 5) is 24.6. The number of aliphatic hydroxyl groups is 1. The minimum Gasteiger partial charge on any atom is -0.394 e. The maximum Gasteiger partial charge on any atom is 0.237 e. The number of amides is 1. The van der Waals surface area contributed by atoms with Crippen molar-refractivity contribution >= 4 is 44.9 Å². The molecule has 1 atom stereocenters. The van der Waals surface area contributed by atoms with Crippen LogP contribution >= 0.6 is 22.9 Å². The van der Waals surface area contributed by atoms with E-state index in [1.165, 1.54) is 11.9 Å². The van der Waals surface area contributed by atoms with Gasteiger partial charge in [0.25, 0.3) is 0 Å². The van der Waals surface area contributed by atoms with Gasteiger partial charge in [-0.15, -0.1) is 22.9 Å². The van der Waals surface area contributed by atoms with E-state index in [0.29, 0.717) is 13.1 Å². The summed E-state index contributed by atoms with van der Waals surface area (Å²) in [6.07, 6.45) is 2.28. The molecule has 3 heterocycles. The fourth-order valence-corrected chi connectivity index (χ4v) is 4.79. The molecule has 1 aliphatic rings. The second-order valence-electron chi connectivity index (χ2n) is 6.40. The molecule has 27 heavy (non-hydrogen) atoms. The smallest absolute Gasteiger partial charge is 0.237 e. The van der Waals surface area contributed by atoms with Crippen molar-refractivity contribution in [3.8, 4) is 0 Å². The van der Waals surface area contributed by atoms with E-state index in [1.54, 1.807) is 16.2 Å². The summed E-state index contributed by atoms with van der Waals surface area (Å²) < 4.78 is 0. The fraction of sp³-hybridized carbons (Fsp3) is 0.316. The molecular weight excluding hydrogens is 384 g/mol. The SMILES string of the molecule is O=C(CCl)N1CCc2c(sc3ncnc(N[C@H](CO)c4ccccc4)c23)C1. The first-order valence-electron chi connectivity index (χ1n) is 8.72. The number of nitrogens with zero attached hydrogens (tertiary/aromatic N) is 3. The zero-order valence-corrected chi connectivity index (χ0v) is 16.1. The zero-order valence-electron chi connectivity index (χ0n) is 14.6. The Kier molecular flexibility index (Phi) is 5.24. The predicted molar refractivity (Wildman–Crippen MR) is 107 cm³/mol. The molecule has 2 N–H and O–H groups in total. The number of nitrogens with one attached hydrogen (secondary N) is 1. The molecule has 0 radical (unpaired) electrons. The summed E-state index contributed by atoms with van der Waals surface area (Å²) in [6, 6.07) is 9.55. The van der Waals surface area contributed by atoms with Crippen molar-refractivity contribution in [3.63, 3.8) is 0 Å². The molecule has 0 fully saturated rings. The van der Waals surface area contributed by atoms with Crippen LogP contribution in [0.3, 0.4) is 0 Å². The highest BCUT2D eigenvalue weighted by molar-refractivity contribution is 7.19. The van der Waals surface area contributed by atoms with Crippen molar-refractivity contribution in [1.82, 2.24) is 14.9 Å². The minimum absolute atomic E-state index is 0.00208. The van der Waals surface area contributed by atoms with E-state index in [9.17, 15) is 9.90 Å². The lowest BCUT2D eigenvalue weighted by Gasteiger charge is -2.26. The standard InChI is InChI=1S/C19H19ClN4O2S/c20-8-16(26)24-7-6-13-15(9-24)27-19-17(13)18(21-11-22-19)23-14(10-25)12-4-2-1-3-5-12/h1-5,11,14,25H,6-10H2,(H,21,22,23)/t14-/m1/s1. The summed E-state index contributed by atoms with van der Waals surface area (Å²) in [5.41, 5.74) is 2.18. The Morgan fingerprint density at radius 1 is 1.33 bits per heavy atom. The third-order valence-corrected chi connectivity index (χ3v) is 6.15. The van der Waals surface area contributed by atoms with Crippen LogP contribution in [0.1, 0.15) is 22.0 Å². The molecule has 2 aromatic heterocycles. The van der Waals surface area contributed by atoms with Crippen LogP contribution in [-0.4, -0.2) is 44.9 Å². The number of carbonyl (C=O) groups is 1. The van der Waals surface area contributed by atoms with Crippen molar-refractivity contribution in [2.24, 2.45) is 0 Å². The van der Waals surface area contributed by atoms with Crippen LogP contribution in [0.4, 0.5) is 5.82 Å². The van der Waals surface area contributed by atoms with E-state index in [4.69, 9.17) is 11.6 Å². The van der Waals surface area contributed by atoms with Gasteiger partial charge in [0.05, 0.1) is 24.6 Å². The van der Waals surface area contributed by atoms with Gasteiger partial charge in [-0.1, -0.05) is 30.3 Å². The maximum absolute atomic E-state index is 11.9. The number of halogens is 1. The van der Waals surface area contributed by atoms with Gasteiger partial charge in [0, 0.05) is 11.4 Å². The van der Waals surface area contributed by atoms with Crippen molar-refractivity contribution in [2.75, 3.05) is 24.3 Å². The van der Waals surface area contributed by atoms with E-state index < -0.39 is 0 Å². The van der Waals surface area contributed by atoms with Crippen molar-refractivity contribution < 1.29 is 9.90 Å². The first-order valence-corrected chi connectivity index (χ1v) is 10.1. The molecule has 0 saturated carbocycles. The lowest BCUT2D eigenvalue weighted by Crippen LogP contribution is -2.36. The van der Waals surface area contributed by atoms with Crippen LogP contribution in [0.15, 0.2) is 36.7 Å². The van der Waals surface area contributed by atoms with Crippen molar-refractivity contribution in [2.45, 2.75) is 19.0 Å². The van der Waals surface area contributed by atoms with Gasteiger partial charge in [0.15, 0.2) is 0 Å². The average Bonchev–Trinajstić information content (AvgIpc) is 3.10. The number of aromatic nitrogens is 2. The molecule has 0 bridgehead atoms. The molecule has 6 nitrogen and oxygen atoms in total. The Morgan fingerprint density at radius 2 is 2.15 bits per heavy atom. The first kappa shape index (κ1) is 18.2. The third-order valence-electron chi connectivity index (χ3n) is 4.80. The van der Waals surface area contributed by atoms with E-state index in [1.807, 2.05) is 30.3 Å². The van der Waals surface area contributed by atoms with Gasteiger partial charge >= 0.3 is 0 Å². The minimum atomic E-state index is -0.252. The summed E-state index contributed by atoms with van der Waals surface area (Å²) in [5, 5.41) is 14.2. The van der Waals surface area contributed by atoms with Gasteiger partial charge in [-0.2, -0.15) is 0 Å². The normalized spacial score (nSPS) is 14.8. The molecule has 4 rings (SSSR count). The second-order valence-corrected chi connectivity index (χ2v) is 7.75. The number of benzene rings is 1. The number of aliphatic hydroxyl groups excluding tert-OH is 1. The zero-order chi connectivity index (χ0) is 18.8. The Balaban J connectivity index is 1.69. The number of fused-ring (bicyclic) bond motifs is 3. The van der Waals surface area contributed by atoms with Crippen molar-refractivity contribution in [3.05, 3.63) is 52.7 Å². The molecule has 0 unspecified atom stereocenters. The number of hydrogen-bond donors (Lipinski definition) is 2. The highest BCUT2D eigenvalue weighted by Crippen LogP contribution is 2.38. The lowest BCUT2D eigenvalue weighted by molar-refractivity contribution is -0.129. The van der Waals surface area contributed by atoms with Gasteiger partial charge in [0.2, 0.25) is 5.91 Å². The van der Waals surface area contributed by atoms with Gasteiger partial charge in [0.1, 0.15) is 22.9 Å². The highest BCUT2D eigenvalue weighted by Gasteiger charge is 2.26. The summed E-state index contributed by atoms with van der Waals surface area (Å²) >= 11 is 7.29. The lowest BCUT2D eigenvalue weighted by atomic mass is 10.0. The Morgan fingerprint density at radius 3 is 2.89 bits per heavy atom. The van der Waals surface area contributed by atoms with E-state index in [0.717, 1.165) is 32.9 Å². The van der Waals surface area contributed by atoms with Crippen molar-refractivity contribution in [1.29, 1.82) is 0 Å². The van der Waals surface area contributed by atoms with Gasteiger partial charge in [-0.05, 0) is 17.5 Å². The number of hydrogen-bond acceptors (Lipinski definition) is 6. The van der Waals surface area contributed by atoms with Crippen LogP contribution in [0, 0.1) is 0 Å². The molecule has 3 aromatic rings. The number of carbonyl (C=O) groups excluding carboxylic acids is 1. The number of rotatable bonds is 5. The Labute approximate surface area is 165 Å².